The molecule has 0 amide bonds. The van der Waals surface area contributed by atoms with Gasteiger partial charge >= 0.3 is 109 Å². The molecule has 0 aliphatic rings. The molecule has 0 aliphatic heterocycles. The second kappa shape index (κ2) is 18.1. The summed E-state index contributed by atoms with van der Waals surface area (Å²) in [4.78, 5) is 4.10. The Morgan fingerprint density at radius 1 is 0.750 bits per heavy atom. The number of nitrogens with zero attached hydrogens (tertiary/aromatic N) is 2. The van der Waals surface area contributed by atoms with Crippen LogP contribution in [0, 0.1) is 20.5 Å². The summed E-state index contributed by atoms with van der Waals surface area (Å²) in [6.07, 6.45) is 0. The summed E-state index contributed by atoms with van der Waals surface area (Å²) in [5, 5.41) is 15.8. The molecule has 0 radical (unpaired) electrons. The van der Waals surface area contributed by atoms with Gasteiger partial charge in [0.2, 0.25) is 0 Å². The van der Waals surface area contributed by atoms with Gasteiger partial charge in [0, 0.05) is 0 Å². The van der Waals surface area contributed by atoms with Crippen molar-refractivity contribution < 1.29 is 65.5 Å². The molecular weight excluding hydrogens is 241 g/mol. The van der Waals surface area contributed by atoms with Gasteiger partial charge < -0.3 is 0 Å². The van der Waals surface area contributed by atoms with E-state index in [0.29, 0.717) is 0 Å². The van der Waals surface area contributed by atoms with E-state index in [1.54, 1.807) is 0 Å². The Kier molecular flexibility index (Phi) is 35.0. The van der Waals surface area contributed by atoms with Crippen LogP contribution in [-0.4, -0.2) is 0 Å². The molecule has 0 aromatic heterocycles. The van der Waals surface area contributed by atoms with Crippen molar-refractivity contribution in [2.75, 3.05) is 0 Å². The van der Waals surface area contributed by atoms with Crippen LogP contribution in [0.5, 0.6) is 0 Å². The number of rotatable bonds is 0. The summed E-state index contributed by atoms with van der Waals surface area (Å²) in [5.41, 5.74) is 0. The van der Waals surface area contributed by atoms with E-state index in [0.717, 1.165) is 0 Å². The van der Waals surface area contributed by atoms with E-state index in [-0.39, 0.29) is 65.5 Å². The van der Waals surface area contributed by atoms with Crippen molar-refractivity contribution in [3.8, 4) is 9.94 Å². The molecule has 0 aliphatic carbocycles. The molecular formula is C6H12Cu2Li2N2. The van der Waals surface area contributed by atoms with Gasteiger partial charge in [-0.05, 0) is 0 Å². The first-order valence-corrected chi connectivity index (χ1v) is 6.66. The predicted molar refractivity (Wildman–Crippen MR) is 34.7 cm³/mol. The Morgan fingerprint density at radius 3 is 0.833 bits per heavy atom. The maximum absolute atomic E-state index is 7.90. The molecule has 0 fully saturated rings. The summed E-state index contributed by atoms with van der Waals surface area (Å²) in [7, 11) is 0. The van der Waals surface area contributed by atoms with Crippen LogP contribution in [-0.2, 0) is 27.8 Å². The first-order valence-electron chi connectivity index (χ1n) is 1.95. The van der Waals surface area contributed by atoms with E-state index >= 15 is 0 Å². The zero-order valence-electron chi connectivity index (χ0n) is 8.50. The van der Waals surface area contributed by atoms with Gasteiger partial charge in [0.1, 0.15) is 0 Å². The zero-order chi connectivity index (χ0) is 8.57. The summed E-state index contributed by atoms with van der Waals surface area (Å²) < 4.78 is 0. The predicted octanol–water partition coefficient (Wildman–Crippen LogP) is -3.63. The van der Waals surface area contributed by atoms with Gasteiger partial charge in [0.15, 0.2) is 0 Å². The van der Waals surface area contributed by atoms with Crippen LogP contribution >= 0.6 is 0 Å². The van der Waals surface area contributed by atoms with Crippen LogP contribution < -0.4 is 37.7 Å². The zero-order valence-corrected chi connectivity index (χ0v) is 10.4. The van der Waals surface area contributed by atoms with Crippen molar-refractivity contribution in [3.05, 3.63) is 0 Å². The molecule has 0 saturated heterocycles. The minimum absolute atomic E-state index is 0. The molecule has 2 nitrogen and oxygen atoms in total. The Labute approximate surface area is 108 Å². The molecule has 0 unspecified atom stereocenters. The van der Waals surface area contributed by atoms with E-state index < -0.39 is 0 Å². The Morgan fingerprint density at radius 2 is 0.833 bits per heavy atom. The van der Waals surface area contributed by atoms with Gasteiger partial charge in [0.25, 0.3) is 0 Å². The molecule has 70 valence electrons. The Balaban J connectivity index is -0.0000000457. The first-order chi connectivity index (χ1) is 4.54. The van der Waals surface area contributed by atoms with Gasteiger partial charge in [0.05, 0.1) is 0 Å². The summed E-state index contributed by atoms with van der Waals surface area (Å²) in [5.74, 6) is 7.53. The molecule has 6 heteroatoms. The Bertz CT molecular complexity index is 131. The maximum Gasteiger partial charge on any atom is 1.00 e. The first kappa shape index (κ1) is 23.2. The van der Waals surface area contributed by atoms with Crippen LogP contribution in [0.2, 0.25) is 23.3 Å². The summed E-state index contributed by atoms with van der Waals surface area (Å²) in [6.45, 7) is 0. The molecule has 12 heavy (non-hydrogen) atoms. The molecule has 0 aromatic rings. The molecule has 0 bridgehead atoms. The monoisotopic (exact) mass is 252 g/mol. The van der Waals surface area contributed by atoms with Crippen molar-refractivity contribution in [3.63, 3.8) is 0 Å². The summed E-state index contributed by atoms with van der Waals surface area (Å²) in [6, 6.07) is 0. The van der Waals surface area contributed by atoms with Gasteiger partial charge in [-0.1, -0.05) is 0 Å². The molecule has 0 rings (SSSR count). The molecule has 0 N–H and O–H groups in total. The average molecular weight is 253 g/mol. The third kappa shape index (κ3) is 43.0. The van der Waals surface area contributed by atoms with E-state index in [9.17, 15) is 0 Å². The number of hydrogen-bond donors (Lipinski definition) is 0. The maximum atomic E-state index is 7.90. The van der Waals surface area contributed by atoms with Crippen LogP contribution in [0.3, 0.4) is 0 Å². The molecule has 0 spiro atoms. The van der Waals surface area contributed by atoms with E-state index in [2.05, 4.69) is 0 Å². The Hall–Kier alpha value is 1.21. The fraction of sp³-hybridized carbons (Fsp3) is 0.667. The van der Waals surface area contributed by atoms with Crippen molar-refractivity contribution in [2.45, 2.75) is 23.3 Å². The van der Waals surface area contributed by atoms with Crippen molar-refractivity contribution >= 4 is 0 Å². The van der Waals surface area contributed by atoms with Crippen molar-refractivity contribution in [2.24, 2.45) is 0 Å². The summed E-state index contributed by atoms with van der Waals surface area (Å²) >= 11 is 0.0694. The van der Waals surface area contributed by atoms with E-state index in [1.807, 2.05) is 33.2 Å². The third-order valence-electron chi connectivity index (χ3n) is 0.270. The number of nitriles is 2. The molecule has 0 aromatic carbocycles. The average Bonchev–Trinajstić information content (AvgIpc) is 1.89. The fourth-order valence-electron chi connectivity index (χ4n) is 0. The standard InChI is InChI=1S/2CN.4CH3.2Cu.2Li/c2*1-2;;;;;;;;/h;;4*1H3;;;;/q;;;;;;2*-1;2*+1. The second-order valence-corrected chi connectivity index (χ2v) is 5.53. The van der Waals surface area contributed by atoms with Crippen LogP contribution in [0.25, 0.3) is 0 Å². The normalized spacial score (nSPS) is 7.83. The minimum Gasteiger partial charge on any atom is 1.00 e. The fourth-order valence-corrected chi connectivity index (χ4v) is 0. The van der Waals surface area contributed by atoms with Crippen molar-refractivity contribution in [1.82, 2.24) is 0 Å². The number of hydrogen-bond acceptors (Lipinski definition) is 2. The SMILES string of the molecule is [CH3][Cu-]([CH3])[C]#N.[CH3][Cu-]([CH3])[C]#N.[Li+].[Li+]. The molecule has 0 saturated carbocycles. The van der Waals surface area contributed by atoms with Crippen LogP contribution in [0.1, 0.15) is 0 Å². The van der Waals surface area contributed by atoms with E-state index in [4.69, 9.17) is 10.5 Å². The molecule has 0 atom stereocenters. The third-order valence-corrected chi connectivity index (χ3v) is 1.11. The van der Waals surface area contributed by atoms with Gasteiger partial charge in [-0.2, -0.15) is 0 Å². The van der Waals surface area contributed by atoms with Gasteiger partial charge in [-0.3, -0.25) is 0 Å². The minimum atomic E-state index is 0. The second-order valence-electron chi connectivity index (χ2n) is 1.34. The molecule has 0 heterocycles. The van der Waals surface area contributed by atoms with Crippen LogP contribution in [0.15, 0.2) is 0 Å². The van der Waals surface area contributed by atoms with Gasteiger partial charge in [-0.25, -0.2) is 0 Å². The largest absolute Gasteiger partial charge is 1.00 e. The topological polar surface area (TPSA) is 47.6 Å². The van der Waals surface area contributed by atoms with Crippen molar-refractivity contribution in [1.29, 1.82) is 10.5 Å². The smallest absolute Gasteiger partial charge is 1.00 e. The van der Waals surface area contributed by atoms with Crippen LogP contribution in [0.4, 0.5) is 0 Å². The quantitative estimate of drug-likeness (QED) is 0.418. The van der Waals surface area contributed by atoms with Gasteiger partial charge in [-0.15, -0.1) is 0 Å². The van der Waals surface area contributed by atoms with E-state index in [1.165, 1.54) is 0 Å².